The Morgan fingerprint density at radius 1 is 1.32 bits per heavy atom. The summed E-state index contributed by atoms with van der Waals surface area (Å²) in [7, 11) is 0. The highest BCUT2D eigenvalue weighted by atomic mass is 16.7. The third-order valence-corrected chi connectivity index (χ3v) is 3.09. The molecule has 0 saturated carbocycles. The van der Waals surface area contributed by atoms with Crippen LogP contribution in [0.1, 0.15) is 16.1 Å². The van der Waals surface area contributed by atoms with Crippen LogP contribution in [0.3, 0.4) is 0 Å². The van der Waals surface area contributed by atoms with Gasteiger partial charge in [-0.2, -0.15) is 0 Å². The summed E-state index contributed by atoms with van der Waals surface area (Å²) in [5.74, 6) is -0.00258. The molecule has 1 aromatic heterocycles. The van der Waals surface area contributed by atoms with Gasteiger partial charge in [0.2, 0.25) is 6.79 Å². The largest absolute Gasteiger partial charge is 0.454 e. The van der Waals surface area contributed by atoms with Crippen LogP contribution in [0.15, 0.2) is 36.5 Å². The van der Waals surface area contributed by atoms with Crippen LogP contribution in [-0.2, 0) is 6.54 Å². The van der Waals surface area contributed by atoms with Crippen molar-refractivity contribution in [2.24, 2.45) is 0 Å². The second-order valence-electron chi connectivity index (χ2n) is 4.48. The normalized spacial score (nSPS) is 12.0. The number of fused-ring (bicyclic) bond motifs is 1. The Morgan fingerprint density at radius 3 is 2.77 bits per heavy atom. The van der Waals surface area contributed by atoms with Crippen molar-refractivity contribution in [1.29, 1.82) is 0 Å². The quantitative estimate of drug-likeness (QED) is 0.680. The number of nitrogens with zero attached hydrogens (tertiary/aromatic N) is 2. The highest BCUT2D eigenvalue weighted by Crippen LogP contribution is 2.37. The standard InChI is InChI=1S/C14H11N3O5/c18-14(16-7-9-3-1-2-4-15-9)10-5-12-13(22-8-21-12)6-11(10)17(19)20/h1-6H,7-8H2,(H,16,18). The molecule has 8 nitrogen and oxygen atoms in total. The molecule has 1 aromatic carbocycles. The molecular weight excluding hydrogens is 290 g/mol. The Hall–Kier alpha value is -3.16. The van der Waals surface area contributed by atoms with E-state index in [9.17, 15) is 14.9 Å². The van der Waals surface area contributed by atoms with Gasteiger partial charge in [0.1, 0.15) is 5.56 Å². The zero-order valence-electron chi connectivity index (χ0n) is 11.3. The van der Waals surface area contributed by atoms with Crippen LogP contribution in [0.2, 0.25) is 0 Å². The van der Waals surface area contributed by atoms with E-state index < -0.39 is 10.8 Å². The number of pyridine rings is 1. The first-order chi connectivity index (χ1) is 10.6. The van der Waals surface area contributed by atoms with Gasteiger partial charge in [-0.25, -0.2) is 0 Å². The SMILES string of the molecule is O=C(NCc1ccccn1)c1cc2c(cc1[N+](=O)[O-])OCO2. The summed E-state index contributed by atoms with van der Waals surface area (Å²) in [4.78, 5) is 26.8. The number of hydrogen-bond donors (Lipinski definition) is 1. The Morgan fingerprint density at radius 2 is 2.09 bits per heavy atom. The summed E-state index contributed by atoms with van der Waals surface area (Å²) < 4.78 is 10.2. The monoisotopic (exact) mass is 301 g/mol. The number of benzene rings is 1. The van der Waals surface area contributed by atoms with Crippen LogP contribution in [-0.4, -0.2) is 22.6 Å². The van der Waals surface area contributed by atoms with Crippen LogP contribution in [0.4, 0.5) is 5.69 Å². The van der Waals surface area contributed by atoms with E-state index in [0.29, 0.717) is 11.4 Å². The number of nitro groups is 1. The molecule has 0 unspecified atom stereocenters. The third kappa shape index (κ3) is 2.66. The lowest BCUT2D eigenvalue weighted by molar-refractivity contribution is -0.385. The van der Waals surface area contributed by atoms with Crippen LogP contribution in [0.25, 0.3) is 0 Å². The van der Waals surface area contributed by atoms with Crippen LogP contribution >= 0.6 is 0 Å². The fourth-order valence-electron chi connectivity index (χ4n) is 2.03. The summed E-state index contributed by atoms with van der Waals surface area (Å²) in [6.45, 7) is 0.150. The van der Waals surface area contributed by atoms with Crippen molar-refractivity contribution in [2.45, 2.75) is 6.54 Å². The Bertz CT molecular complexity index is 733. The molecule has 3 rings (SSSR count). The Kier molecular flexibility index (Phi) is 3.57. The highest BCUT2D eigenvalue weighted by molar-refractivity contribution is 5.99. The molecule has 2 aromatic rings. The second kappa shape index (κ2) is 5.68. The summed E-state index contributed by atoms with van der Waals surface area (Å²) in [5, 5.41) is 13.7. The molecule has 1 aliphatic rings. The fraction of sp³-hybridized carbons (Fsp3) is 0.143. The Balaban J connectivity index is 1.84. The number of carbonyl (C=O) groups excluding carboxylic acids is 1. The van der Waals surface area contributed by atoms with E-state index in [1.165, 1.54) is 12.1 Å². The minimum atomic E-state index is -0.627. The summed E-state index contributed by atoms with van der Waals surface area (Å²) >= 11 is 0. The number of nitrogens with one attached hydrogen (secondary N) is 1. The van der Waals surface area contributed by atoms with Crippen molar-refractivity contribution < 1.29 is 19.2 Å². The predicted octanol–water partition coefficient (Wildman–Crippen LogP) is 1.65. The molecule has 0 saturated heterocycles. The summed E-state index contributed by atoms with van der Waals surface area (Å²) in [6, 6.07) is 7.80. The summed E-state index contributed by atoms with van der Waals surface area (Å²) in [6.07, 6.45) is 1.60. The molecule has 0 fully saturated rings. The van der Waals surface area contributed by atoms with Gasteiger partial charge in [-0.1, -0.05) is 6.07 Å². The number of carbonyl (C=O) groups is 1. The molecule has 112 valence electrons. The van der Waals surface area contributed by atoms with Gasteiger partial charge in [-0.3, -0.25) is 19.9 Å². The molecule has 0 aliphatic carbocycles. The molecule has 2 heterocycles. The molecule has 1 N–H and O–H groups in total. The van der Waals surface area contributed by atoms with E-state index in [0.717, 1.165) is 0 Å². The van der Waals surface area contributed by atoms with Crippen molar-refractivity contribution >= 4 is 11.6 Å². The maximum Gasteiger partial charge on any atom is 0.286 e. The first kappa shape index (κ1) is 13.8. The van der Waals surface area contributed by atoms with Crippen LogP contribution in [0.5, 0.6) is 11.5 Å². The lowest BCUT2D eigenvalue weighted by Gasteiger charge is -2.06. The first-order valence-corrected chi connectivity index (χ1v) is 6.41. The van der Waals surface area contributed by atoms with Gasteiger partial charge in [0.05, 0.1) is 23.2 Å². The van der Waals surface area contributed by atoms with Gasteiger partial charge < -0.3 is 14.8 Å². The van der Waals surface area contributed by atoms with E-state index in [4.69, 9.17) is 9.47 Å². The van der Waals surface area contributed by atoms with Gasteiger partial charge in [0, 0.05) is 12.3 Å². The minimum absolute atomic E-state index is 0.0223. The zero-order valence-corrected chi connectivity index (χ0v) is 11.3. The van der Waals surface area contributed by atoms with Gasteiger partial charge in [0.15, 0.2) is 11.5 Å². The van der Waals surface area contributed by atoms with E-state index in [1.807, 2.05) is 0 Å². The molecule has 0 spiro atoms. The molecule has 22 heavy (non-hydrogen) atoms. The fourth-order valence-corrected chi connectivity index (χ4v) is 2.03. The number of amides is 1. The van der Waals surface area contributed by atoms with Gasteiger partial charge in [0.25, 0.3) is 11.6 Å². The predicted molar refractivity (Wildman–Crippen MR) is 74.6 cm³/mol. The maximum atomic E-state index is 12.2. The number of ether oxygens (including phenoxy) is 2. The van der Waals surface area contributed by atoms with Gasteiger partial charge >= 0.3 is 0 Å². The molecule has 0 bridgehead atoms. The number of aromatic nitrogens is 1. The summed E-state index contributed by atoms with van der Waals surface area (Å²) in [5.41, 5.74) is 0.243. The van der Waals surface area contributed by atoms with E-state index >= 15 is 0 Å². The van der Waals surface area contributed by atoms with Crippen LogP contribution < -0.4 is 14.8 Å². The maximum absolute atomic E-state index is 12.2. The first-order valence-electron chi connectivity index (χ1n) is 6.41. The average Bonchev–Trinajstić information content (AvgIpc) is 2.99. The Labute approximate surface area is 124 Å². The van der Waals surface area contributed by atoms with Gasteiger partial charge in [-0.05, 0) is 12.1 Å². The van der Waals surface area contributed by atoms with Crippen molar-refractivity contribution in [3.63, 3.8) is 0 Å². The zero-order chi connectivity index (χ0) is 15.5. The molecule has 0 radical (unpaired) electrons. The van der Waals surface area contributed by atoms with Crippen molar-refractivity contribution in [3.05, 3.63) is 57.9 Å². The van der Waals surface area contributed by atoms with Crippen molar-refractivity contribution in [3.8, 4) is 11.5 Å². The number of hydrogen-bond acceptors (Lipinski definition) is 6. The second-order valence-corrected chi connectivity index (χ2v) is 4.48. The van der Waals surface area contributed by atoms with Crippen LogP contribution in [0, 0.1) is 10.1 Å². The molecule has 8 heteroatoms. The topological polar surface area (TPSA) is 104 Å². The molecule has 1 amide bonds. The van der Waals surface area contributed by atoms with Crippen molar-refractivity contribution in [1.82, 2.24) is 10.3 Å². The molecule has 0 atom stereocenters. The molecule has 1 aliphatic heterocycles. The van der Waals surface area contributed by atoms with Gasteiger partial charge in [-0.15, -0.1) is 0 Å². The highest BCUT2D eigenvalue weighted by Gasteiger charge is 2.27. The smallest absolute Gasteiger partial charge is 0.286 e. The number of nitro benzene ring substituents is 1. The van der Waals surface area contributed by atoms with Crippen molar-refractivity contribution in [2.75, 3.05) is 6.79 Å². The lowest BCUT2D eigenvalue weighted by atomic mass is 10.1. The van der Waals surface area contributed by atoms with E-state index in [-0.39, 0.29) is 30.3 Å². The van der Waals surface area contributed by atoms with E-state index in [2.05, 4.69) is 10.3 Å². The van der Waals surface area contributed by atoms with E-state index in [1.54, 1.807) is 24.4 Å². The minimum Gasteiger partial charge on any atom is -0.454 e. The third-order valence-electron chi connectivity index (χ3n) is 3.09. The molecular formula is C14H11N3O5. The number of rotatable bonds is 4. The lowest BCUT2D eigenvalue weighted by Crippen LogP contribution is -2.24. The average molecular weight is 301 g/mol.